The summed E-state index contributed by atoms with van der Waals surface area (Å²) in [6.45, 7) is 17.6. The van der Waals surface area contributed by atoms with Crippen molar-refractivity contribution >= 4 is 46.3 Å². The van der Waals surface area contributed by atoms with Gasteiger partial charge in [0.1, 0.15) is 0 Å². The molecule has 5 heteroatoms. The summed E-state index contributed by atoms with van der Waals surface area (Å²) < 4.78 is 0. The van der Waals surface area contributed by atoms with Crippen LogP contribution in [0.25, 0.3) is 0 Å². The Balaban J connectivity index is 0.000000499. The summed E-state index contributed by atoms with van der Waals surface area (Å²) in [6, 6.07) is 14.0. The largest absolute Gasteiger partial charge is 0.371 e. The van der Waals surface area contributed by atoms with E-state index in [1.54, 1.807) is 23.9 Å². The van der Waals surface area contributed by atoms with Gasteiger partial charge < -0.3 is 15.1 Å². The maximum Gasteiger partial charge on any atom is 0.0547 e. The SMILES string of the molecule is C=CC.C=CC.CCCCN1CCCCC2CCN(CC2)c2ccc3c(c2)Nc2cc1ccc2S3.CSC. The topological polar surface area (TPSA) is 18.5 Å². The van der Waals surface area contributed by atoms with Crippen molar-refractivity contribution in [2.75, 3.05) is 53.8 Å². The fourth-order valence-corrected chi connectivity index (χ4v) is 5.95. The molecular formula is C33H51N3S2. The Morgan fingerprint density at radius 3 is 2.03 bits per heavy atom. The normalized spacial score (nSPS) is 15.7. The van der Waals surface area contributed by atoms with Crippen molar-refractivity contribution in [3.8, 4) is 0 Å². The van der Waals surface area contributed by atoms with Gasteiger partial charge in [-0.2, -0.15) is 11.8 Å². The summed E-state index contributed by atoms with van der Waals surface area (Å²) in [5, 5.41) is 3.76. The molecular weight excluding hydrogens is 503 g/mol. The van der Waals surface area contributed by atoms with Gasteiger partial charge in [0.05, 0.1) is 11.4 Å². The number of fused-ring (bicyclic) bond motifs is 6. The average molecular weight is 554 g/mol. The van der Waals surface area contributed by atoms with Crippen LogP contribution >= 0.6 is 23.5 Å². The molecule has 1 N–H and O–H groups in total. The van der Waals surface area contributed by atoms with Crippen LogP contribution in [-0.4, -0.2) is 38.7 Å². The minimum Gasteiger partial charge on any atom is -0.371 e. The average Bonchev–Trinajstić information content (AvgIpc) is 2.92. The lowest BCUT2D eigenvalue weighted by Crippen LogP contribution is -2.33. The minimum atomic E-state index is 0.917. The minimum absolute atomic E-state index is 0.917. The monoisotopic (exact) mass is 553 g/mol. The van der Waals surface area contributed by atoms with Crippen LogP contribution in [0.5, 0.6) is 0 Å². The molecule has 0 amide bonds. The van der Waals surface area contributed by atoms with Gasteiger partial charge in [-0.15, -0.1) is 13.2 Å². The molecule has 0 aliphatic carbocycles. The number of allylic oxidation sites excluding steroid dienone is 2. The third-order valence-corrected chi connectivity index (χ3v) is 7.98. The van der Waals surface area contributed by atoms with E-state index < -0.39 is 0 Å². The molecule has 4 heterocycles. The maximum absolute atomic E-state index is 3.76. The Kier molecular flexibility index (Phi) is 15.6. The number of piperidine rings is 1. The summed E-state index contributed by atoms with van der Waals surface area (Å²) in [5.41, 5.74) is 5.30. The predicted octanol–water partition coefficient (Wildman–Crippen LogP) is 10.3. The Hall–Kier alpha value is -1.98. The molecule has 2 aromatic rings. The smallest absolute Gasteiger partial charge is 0.0547 e. The van der Waals surface area contributed by atoms with Crippen molar-refractivity contribution in [1.82, 2.24) is 0 Å². The van der Waals surface area contributed by atoms with Gasteiger partial charge in [0.2, 0.25) is 0 Å². The molecule has 0 atom stereocenters. The lowest BCUT2D eigenvalue weighted by molar-refractivity contribution is 0.369. The zero-order valence-electron chi connectivity index (χ0n) is 24.6. The van der Waals surface area contributed by atoms with Gasteiger partial charge in [-0.3, -0.25) is 0 Å². The van der Waals surface area contributed by atoms with E-state index in [-0.39, 0.29) is 0 Å². The second kappa shape index (κ2) is 18.3. The molecule has 0 unspecified atom stereocenters. The lowest BCUT2D eigenvalue weighted by atomic mass is 9.91. The van der Waals surface area contributed by atoms with E-state index in [9.17, 15) is 0 Å². The number of hydrogen-bond donors (Lipinski definition) is 1. The summed E-state index contributed by atoms with van der Waals surface area (Å²) in [5.74, 6) is 0.917. The Morgan fingerprint density at radius 2 is 1.45 bits per heavy atom. The van der Waals surface area contributed by atoms with Crippen LogP contribution in [-0.2, 0) is 0 Å². The first kappa shape index (κ1) is 32.2. The Morgan fingerprint density at radius 1 is 0.895 bits per heavy atom. The van der Waals surface area contributed by atoms with Crippen LogP contribution in [0.2, 0.25) is 0 Å². The van der Waals surface area contributed by atoms with E-state index in [0.29, 0.717) is 0 Å². The predicted molar refractivity (Wildman–Crippen MR) is 177 cm³/mol. The van der Waals surface area contributed by atoms with Gasteiger partial charge in [0.15, 0.2) is 0 Å². The Labute approximate surface area is 242 Å². The van der Waals surface area contributed by atoms with Gasteiger partial charge in [0, 0.05) is 47.3 Å². The highest BCUT2D eigenvalue weighted by Gasteiger charge is 2.23. The highest BCUT2D eigenvalue weighted by atomic mass is 32.2. The first-order valence-electron chi connectivity index (χ1n) is 14.3. The standard InChI is InChI=1S/C25H33N3S.2C3H6.C2H6S/c1-2-3-13-27-14-5-4-6-19-11-15-28(16-12-19)21-8-10-25-23(18-21)26-22-17-20(27)7-9-24(22)29-25;3*1-3-2/h7-10,17-19,26H,2-6,11-16H2,1H3;2*3H,1H2,2H3;1-2H3. The fourth-order valence-electron chi connectivity index (χ4n) is 5.00. The van der Waals surface area contributed by atoms with Crippen molar-refractivity contribution < 1.29 is 0 Å². The molecule has 210 valence electrons. The van der Waals surface area contributed by atoms with E-state index in [0.717, 1.165) is 5.92 Å². The van der Waals surface area contributed by atoms with Crippen molar-refractivity contribution in [3.63, 3.8) is 0 Å². The molecule has 3 nitrogen and oxygen atoms in total. The summed E-state index contributed by atoms with van der Waals surface area (Å²) >= 11 is 3.65. The molecule has 38 heavy (non-hydrogen) atoms. The number of anilines is 4. The van der Waals surface area contributed by atoms with Crippen LogP contribution < -0.4 is 15.1 Å². The third-order valence-electron chi connectivity index (χ3n) is 6.83. The molecule has 2 aromatic carbocycles. The molecule has 0 spiro atoms. The molecule has 0 radical (unpaired) electrons. The first-order chi connectivity index (χ1) is 18.5. The van der Waals surface area contributed by atoms with Crippen molar-refractivity contribution in [3.05, 3.63) is 61.7 Å². The quantitative estimate of drug-likeness (QED) is 0.324. The number of benzene rings is 2. The fraction of sp³-hybridized carbons (Fsp3) is 0.515. The zero-order valence-corrected chi connectivity index (χ0v) is 26.2. The van der Waals surface area contributed by atoms with Gasteiger partial charge in [-0.25, -0.2) is 0 Å². The summed E-state index contributed by atoms with van der Waals surface area (Å²) in [7, 11) is 0. The number of hydrogen-bond acceptors (Lipinski definition) is 5. The molecule has 0 saturated carbocycles. The lowest BCUT2D eigenvalue weighted by Gasteiger charge is -2.35. The van der Waals surface area contributed by atoms with Crippen LogP contribution in [0.1, 0.15) is 65.7 Å². The molecule has 6 bridgehead atoms. The number of nitrogens with one attached hydrogen (secondary N) is 1. The number of thioether (sulfide) groups is 1. The van der Waals surface area contributed by atoms with E-state index in [1.165, 1.54) is 104 Å². The second-order valence-corrected chi connectivity index (χ2v) is 12.0. The van der Waals surface area contributed by atoms with Gasteiger partial charge in [-0.1, -0.05) is 50.1 Å². The van der Waals surface area contributed by atoms with Gasteiger partial charge >= 0.3 is 0 Å². The van der Waals surface area contributed by atoms with Crippen LogP contribution in [0.3, 0.4) is 0 Å². The summed E-state index contributed by atoms with van der Waals surface area (Å²) in [6.07, 6.45) is 16.9. The molecule has 1 fully saturated rings. The number of unbranched alkanes of at least 4 members (excludes halogenated alkanes) is 1. The van der Waals surface area contributed by atoms with Crippen LogP contribution in [0.4, 0.5) is 22.7 Å². The highest BCUT2D eigenvalue weighted by Crippen LogP contribution is 2.46. The van der Waals surface area contributed by atoms with Crippen molar-refractivity contribution in [2.45, 2.75) is 75.5 Å². The van der Waals surface area contributed by atoms with E-state index >= 15 is 0 Å². The molecule has 6 rings (SSSR count). The third kappa shape index (κ3) is 9.96. The van der Waals surface area contributed by atoms with Gasteiger partial charge in [0.25, 0.3) is 0 Å². The highest BCUT2D eigenvalue weighted by molar-refractivity contribution is 7.99. The van der Waals surface area contributed by atoms with Crippen molar-refractivity contribution in [2.24, 2.45) is 5.92 Å². The number of rotatable bonds is 3. The Bertz CT molecular complexity index is 961. The zero-order chi connectivity index (χ0) is 27.8. The molecule has 4 aliphatic rings. The first-order valence-corrected chi connectivity index (χ1v) is 16.8. The molecule has 0 aromatic heterocycles. The van der Waals surface area contributed by atoms with Crippen LogP contribution in [0, 0.1) is 5.92 Å². The van der Waals surface area contributed by atoms with Gasteiger partial charge in [-0.05, 0) is 94.4 Å². The van der Waals surface area contributed by atoms with E-state index in [1.807, 2.05) is 38.1 Å². The number of nitrogens with zero attached hydrogens (tertiary/aromatic N) is 2. The van der Waals surface area contributed by atoms with E-state index in [4.69, 9.17) is 0 Å². The molecule has 4 aliphatic heterocycles. The van der Waals surface area contributed by atoms with E-state index in [2.05, 4.69) is 71.6 Å². The summed E-state index contributed by atoms with van der Waals surface area (Å²) in [4.78, 5) is 7.89. The van der Waals surface area contributed by atoms with Crippen molar-refractivity contribution in [1.29, 1.82) is 0 Å². The second-order valence-electron chi connectivity index (χ2n) is 10.1. The maximum atomic E-state index is 3.76. The van der Waals surface area contributed by atoms with Crippen LogP contribution in [0.15, 0.2) is 71.5 Å². The molecule has 1 saturated heterocycles.